The molecule has 0 bridgehead atoms. The Morgan fingerprint density at radius 3 is 2.17 bits per heavy atom. The summed E-state index contributed by atoms with van der Waals surface area (Å²) in [6.07, 6.45) is 0. The fourth-order valence-electron chi connectivity index (χ4n) is 1.15. The third-order valence-corrected chi connectivity index (χ3v) is 1.71. The summed E-state index contributed by atoms with van der Waals surface area (Å²) in [4.78, 5) is 1.62. The Bertz CT molecular complexity index is 237. The van der Waals surface area contributed by atoms with Gasteiger partial charge in [0, 0.05) is 5.92 Å². The lowest BCUT2D eigenvalue weighted by Gasteiger charge is -2.01. The van der Waals surface area contributed by atoms with Crippen LogP contribution in [-0.2, 0) is 7.05 Å². The van der Waals surface area contributed by atoms with Crippen LogP contribution in [-0.4, -0.2) is 15.1 Å². The highest BCUT2D eigenvalue weighted by Gasteiger charge is 2.21. The second-order valence-corrected chi connectivity index (χ2v) is 3.63. The number of hydrogen-bond donors (Lipinski definition) is 0. The summed E-state index contributed by atoms with van der Waals surface area (Å²) < 4.78 is 1.96. The molecule has 0 aromatic carbocycles. The van der Waals surface area contributed by atoms with Crippen molar-refractivity contribution in [2.24, 2.45) is 7.05 Å². The quantitative estimate of drug-likeness (QED) is 0.614. The lowest BCUT2D eigenvalue weighted by molar-refractivity contribution is -0.780. The van der Waals surface area contributed by atoms with E-state index in [1.165, 1.54) is 0 Å². The van der Waals surface area contributed by atoms with Crippen LogP contribution in [0.25, 0.3) is 0 Å². The molecular formula is C8H17N4+. The number of nitrogens with zero attached hydrogens (tertiary/aromatic N) is 4. The molecule has 1 aromatic heterocycles. The van der Waals surface area contributed by atoms with Crippen molar-refractivity contribution in [1.29, 1.82) is 0 Å². The van der Waals surface area contributed by atoms with Crippen molar-refractivity contribution in [2.75, 3.05) is 0 Å². The van der Waals surface area contributed by atoms with Crippen molar-refractivity contribution in [1.82, 2.24) is 15.1 Å². The van der Waals surface area contributed by atoms with Crippen molar-refractivity contribution >= 4 is 0 Å². The van der Waals surface area contributed by atoms with Gasteiger partial charge in [0.2, 0.25) is 0 Å². The molecule has 1 rings (SSSR count). The van der Waals surface area contributed by atoms with Crippen LogP contribution in [0.1, 0.15) is 45.5 Å². The normalized spacial score (nSPS) is 11.6. The standard InChI is InChI=1S/C8H17N4/c1-6(2)8-9-11(5)10-12(8)7(3)4/h6-7H,1-5H3/q+1. The Morgan fingerprint density at radius 2 is 1.83 bits per heavy atom. The van der Waals surface area contributed by atoms with E-state index in [1.54, 1.807) is 4.80 Å². The molecule has 1 aromatic rings. The van der Waals surface area contributed by atoms with Crippen LogP contribution >= 0.6 is 0 Å². The van der Waals surface area contributed by atoms with Crippen LogP contribution in [0.15, 0.2) is 0 Å². The SMILES string of the molecule is CC(C)c1nn(C)n[n+]1C(C)C. The molecule has 0 aliphatic heterocycles. The Kier molecular flexibility index (Phi) is 2.45. The van der Waals surface area contributed by atoms with E-state index in [0.29, 0.717) is 12.0 Å². The van der Waals surface area contributed by atoms with Crippen LogP contribution in [0.5, 0.6) is 0 Å². The van der Waals surface area contributed by atoms with Gasteiger partial charge in [-0.2, -0.15) is 0 Å². The van der Waals surface area contributed by atoms with Crippen molar-refractivity contribution < 1.29 is 4.68 Å². The van der Waals surface area contributed by atoms with Gasteiger partial charge in [-0.15, -0.1) is 4.68 Å². The van der Waals surface area contributed by atoms with E-state index in [1.807, 2.05) is 11.7 Å². The molecule has 0 aliphatic rings. The Morgan fingerprint density at radius 1 is 1.25 bits per heavy atom. The second kappa shape index (κ2) is 3.21. The molecule has 0 unspecified atom stereocenters. The molecule has 0 radical (unpaired) electrons. The predicted molar refractivity (Wildman–Crippen MR) is 45.7 cm³/mol. The zero-order chi connectivity index (χ0) is 9.30. The molecule has 4 heteroatoms. The minimum atomic E-state index is 0.385. The highest BCUT2D eigenvalue weighted by atomic mass is 15.6. The number of tetrazole rings is 1. The van der Waals surface area contributed by atoms with E-state index >= 15 is 0 Å². The summed E-state index contributed by atoms with van der Waals surface area (Å²) in [5.41, 5.74) is 0. The maximum Gasteiger partial charge on any atom is 0.301 e. The summed E-state index contributed by atoms with van der Waals surface area (Å²) in [6, 6.07) is 0.385. The van der Waals surface area contributed by atoms with E-state index in [4.69, 9.17) is 0 Å². The van der Waals surface area contributed by atoms with Crippen LogP contribution in [0.2, 0.25) is 0 Å². The Hall–Kier alpha value is -0.930. The fourth-order valence-corrected chi connectivity index (χ4v) is 1.15. The van der Waals surface area contributed by atoms with Gasteiger partial charge in [0.15, 0.2) is 0 Å². The van der Waals surface area contributed by atoms with Gasteiger partial charge in [0.05, 0.1) is 16.4 Å². The summed E-state index contributed by atoms with van der Waals surface area (Å²) in [5, 5.41) is 8.55. The summed E-state index contributed by atoms with van der Waals surface area (Å²) in [6.45, 7) is 8.48. The zero-order valence-corrected chi connectivity index (χ0v) is 8.44. The monoisotopic (exact) mass is 169 g/mol. The van der Waals surface area contributed by atoms with E-state index in [9.17, 15) is 0 Å². The van der Waals surface area contributed by atoms with Crippen molar-refractivity contribution in [3.05, 3.63) is 5.82 Å². The maximum atomic E-state index is 4.30. The Labute approximate surface area is 73.2 Å². The van der Waals surface area contributed by atoms with Gasteiger partial charge in [0.25, 0.3) is 0 Å². The third-order valence-electron chi connectivity index (χ3n) is 1.71. The fraction of sp³-hybridized carbons (Fsp3) is 0.875. The van der Waals surface area contributed by atoms with Gasteiger partial charge in [-0.25, -0.2) is 0 Å². The summed E-state index contributed by atoms with van der Waals surface area (Å²) in [5.74, 6) is 1.48. The predicted octanol–water partition coefficient (Wildman–Crippen LogP) is 0.807. The molecule has 68 valence electrons. The Balaban J connectivity index is 3.08. The average Bonchev–Trinajstić information content (AvgIpc) is 2.31. The molecule has 12 heavy (non-hydrogen) atoms. The van der Waals surface area contributed by atoms with E-state index < -0.39 is 0 Å². The molecule has 0 saturated heterocycles. The maximum absolute atomic E-state index is 4.30. The van der Waals surface area contributed by atoms with Crippen molar-refractivity contribution in [3.63, 3.8) is 0 Å². The summed E-state index contributed by atoms with van der Waals surface area (Å²) in [7, 11) is 1.85. The van der Waals surface area contributed by atoms with Crippen LogP contribution in [0.4, 0.5) is 0 Å². The highest BCUT2D eigenvalue weighted by molar-refractivity contribution is 4.78. The molecule has 4 nitrogen and oxygen atoms in total. The topological polar surface area (TPSA) is 34.6 Å². The molecule has 0 spiro atoms. The number of hydrogen-bond acceptors (Lipinski definition) is 2. The van der Waals surface area contributed by atoms with Crippen molar-refractivity contribution in [3.8, 4) is 0 Å². The van der Waals surface area contributed by atoms with Gasteiger partial charge in [-0.05, 0) is 18.6 Å². The minimum absolute atomic E-state index is 0.385. The summed E-state index contributed by atoms with van der Waals surface area (Å²) >= 11 is 0. The molecule has 0 atom stereocenters. The molecule has 0 fully saturated rings. The smallest absolute Gasteiger partial charge is 0.134 e. The lowest BCUT2D eigenvalue weighted by Crippen LogP contribution is -2.43. The first-order valence-corrected chi connectivity index (χ1v) is 4.35. The van der Waals surface area contributed by atoms with Crippen molar-refractivity contribution in [2.45, 2.75) is 39.7 Å². The van der Waals surface area contributed by atoms with Gasteiger partial charge >= 0.3 is 5.82 Å². The minimum Gasteiger partial charge on any atom is -0.134 e. The van der Waals surface area contributed by atoms with Crippen LogP contribution in [0.3, 0.4) is 0 Å². The molecule has 0 N–H and O–H groups in total. The first kappa shape index (κ1) is 9.16. The second-order valence-electron chi connectivity index (χ2n) is 3.63. The first-order valence-electron chi connectivity index (χ1n) is 4.35. The lowest BCUT2D eigenvalue weighted by atomic mass is 10.2. The van der Waals surface area contributed by atoms with Gasteiger partial charge in [-0.1, -0.05) is 13.8 Å². The third kappa shape index (κ3) is 1.62. The van der Waals surface area contributed by atoms with Gasteiger partial charge in [0.1, 0.15) is 7.05 Å². The highest BCUT2D eigenvalue weighted by Crippen LogP contribution is 2.06. The van der Waals surface area contributed by atoms with Crippen LogP contribution in [0, 0.1) is 0 Å². The number of rotatable bonds is 2. The zero-order valence-electron chi connectivity index (χ0n) is 8.44. The molecule has 0 amide bonds. The molecule has 0 aliphatic carbocycles. The molecule has 1 heterocycles. The average molecular weight is 169 g/mol. The number of aromatic nitrogens is 4. The van der Waals surface area contributed by atoms with Gasteiger partial charge < -0.3 is 0 Å². The van der Waals surface area contributed by atoms with E-state index in [2.05, 4.69) is 38.0 Å². The molecular weight excluding hydrogens is 152 g/mol. The van der Waals surface area contributed by atoms with E-state index in [-0.39, 0.29) is 0 Å². The van der Waals surface area contributed by atoms with Gasteiger partial charge in [-0.3, -0.25) is 0 Å². The first-order chi connectivity index (χ1) is 5.52. The van der Waals surface area contributed by atoms with Crippen LogP contribution < -0.4 is 4.68 Å². The number of aryl methyl sites for hydroxylation is 1. The molecule has 0 saturated carbocycles. The largest absolute Gasteiger partial charge is 0.301 e. The van der Waals surface area contributed by atoms with E-state index in [0.717, 1.165) is 5.82 Å².